The van der Waals surface area contributed by atoms with Gasteiger partial charge in [0.1, 0.15) is 12.3 Å². The number of rotatable bonds is 3. The van der Waals surface area contributed by atoms with E-state index in [2.05, 4.69) is 5.32 Å². The Hall–Kier alpha value is -1.39. The Bertz CT molecular complexity index is 374. The average Bonchev–Trinajstić information content (AvgIpc) is 2.12. The lowest BCUT2D eigenvalue weighted by atomic mass is 10.1. The minimum Gasteiger partial charge on any atom is -0.494 e. The molecule has 0 aromatic heterocycles. The molecule has 0 saturated carbocycles. The summed E-state index contributed by atoms with van der Waals surface area (Å²) in [6.45, 7) is 2.56. The number of alkyl halides is 3. The number of methoxy groups -OCH3 is 1. The Morgan fingerprint density at radius 1 is 1.25 bits per heavy atom. The molecule has 16 heavy (non-hydrogen) atoms. The van der Waals surface area contributed by atoms with E-state index in [4.69, 9.17) is 4.74 Å². The Labute approximate surface area is 92.4 Å². The molecular formula is C11H14F3NO. The fraction of sp³-hybridized carbons (Fsp3) is 0.455. The third kappa shape index (κ3) is 3.32. The van der Waals surface area contributed by atoms with Crippen LogP contribution in [-0.2, 0) is 0 Å². The molecule has 0 amide bonds. The first kappa shape index (κ1) is 12.7. The van der Waals surface area contributed by atoms with Crippen molar-refractivity contribution in [2.24, 2.45) is 0 Å². The maximum absolute atomic E-state index is 12.1. The molecule has 0 aliphatic heterocycles. The average molecular weight is 233 g/mol. The Morgan fingerprint density at radius 2 is 1.88 bits per heavy atom. The zero-order chi connectivity index (χ0) is 12.3. The molecule has 5 heteroatoms. The van der Waals surface area contributed by atoms with Crippen molar-refractivity contribution < 1.29 is 17.9 Å². The first-order valence-electron chi connectivity index (χ1n) is 4.79. The van der Waals surface area contributed by atoms with Gasteiger partial charge in [-0.25, -0.2) is 0 Å². The number of anilines is 1. The number of halogens is 3. The van der Waals surface area contributed by atoms with Crippen LogP contribution in [0.25, 0.3) is 0 Å². The quantitative estimate of drug-likeness (QED) is 0.865. The lowest BCUT2D eigenvalue weighted by Gasteiger charge is -2.15. The minimum atomic E-state index is -4.23. The molecule has 90 valence electrons. The molecule has 0 spiro atoms. The maximum atomic E-state index is 12.1. The maximum Gasteiger partial charge on any atom is 0.405 e. The van der Waals surface area contributed by atoms with Crippen molar-refractivity contribution in [1.29, 1.82) is 0 Å². The van der Waals surface area contributed by atoms with Crippen LogP contribution in [0.2, 0.25) is 0 Å². The van der Waals surface area contributed by atoms with Crippen LogP contribution in [0.1, 0.15) is 11.1 Å². The summed E-state index contributed by atoms with van der Waals surface area (Å²) in [7, 11) is 1.44. The monoisotopic (exact) mass is 233 g/mol. The lowest BCUT2D eigenvalue weighted by molar-refractivity contribution is -0.115. The first-order chi connectivity index (χ1) is 7.33. The van der Waals surface area contributed by atoms with E-state index in [1.54, 1.807) is 13.0 Å². The van der Waals surface area contributed by atoms with Crippen LogP contribution in [-0.4, -0.2) is 19.8 Å². The summed E-state index contributed by atoms with van der Waals surface area (Å²) in [5.41, 5.74) is 2.08. The normalized spacial score (nSPS) is 11.4. The highest BCUT2D eigenvalue weighted by molar-refractivity contribution is 5.61. The second kappa shape index (κ2) is 4.63. The second-order valence-corrected chi connectivity index (χ2v) is 3.63. The number of ether oxygens (including phenoxy) is 1. The van der Waals surface area contributed by atoms with Crippen molar-refractivity contribution in [2.75, 3.05) is 19.0 Å². The van der Waals surface area contributed by atoms with E-state index in [9.17, 15) is 13.2 Å². The summed E-state index contributed by atoms with van der Waals surface area (Å²) >= 11 is 0. The van der Waals surface area contributed by atoms with Crippen molar-refractivity contribution in [3.8, 4) is 5.75 Å². The molecule has 1 aromatic rings. The van der Waals surface area contributed by atoms with Gasteiger partial charge in [-0.3, -0.25) is 0 Å². The SMILES string of the molecule is COc1c(C)cc(C)cc1NCC(F)(F)F. The topological polar surface area (TPSA) is 21.3 Å². The molecule has 0 radical (unpaired) electrons. The number of hydrogen-bond donors (Lipinski definition) is 1. The predicted octanol–water partition coefficient (Wildman–Crippen LogP) is 3.29. The van der Waals surface area contributed by atoms with E-state index in [0.717, 1.165) is 11.1 Å². The predicted molar refractivity (Wildman–Crippen MR) is 57.0 cm³/mol. The third-order valence-electron chi connectivity index (χ3n) is 2.10. The molecule has 0 aliphatic rings. The van der Waals surface area contributed by atoms with Crippen molar-refractivity contribution in [1.82, 2.24) is 0 Å². The highest BCUT2D eigenvalue weighted by atomic mass is 19.4. The smallest absolute Gasteiger partial charge is 0.405 e. The summed E-state index contributed by atoms with van der Waals surface area (Å²) in [6.07, 6.45) is -4.23. The van der Waals surface area contributed by atoms with Crippen LogP contribution in [0.3, 0.4) is 0 Å². The van der Waals surface area contributed by atoms with Gasteiger partial charge in [-0.15, -0.1) is 0 Å². The number of hydrogen-bond acceptors (Lipinski definition) is 2. The van der Waals surface area contributed by atoms with E-state index in [-0.39, 0.29) is 0 Å². The number of nitrogens with one attached hydrogen (secondary N) is 1. The molecule has 0 unspecified atom stereocenters. The standard InChI is InChI=1S/C11H14F3NO/c1-7-4-8(2)10(16-3)9(5-7)15-6-11(12,13)14/h4-5,15H,6H2,1-3H3. The lowest BCUT2D eigenvalue weighted by Crippen LogP contribution is -2.21. The molecule has 0 aliphatic carbocycles. The summed E-state index contributed by atoms with van der Waals surface area (Å²) in [4.78, 5) is 0. The van der Waals surface area contributed by atoms with Gasteiger partial charge in [0.2, 0.25) is 0 Å². The van der Waals surface area contributed by atoms with E-state index >= 15 is 0 Å². The summed E-state index contributed by atoms with van der Waals surface area (Å²) < 4.78 is 41.3. The van der Waals surface area contributed by atoms with Crippen molar-refractivity contribution >= 4 is 5.69 Å². The molecule has 0 heterocycles. The van der Waals surface area contributed by atoms with Gasteiger partial charge >= 0.3 is 6.18 Å². The highest BCUT2D eigenvalue weighted by Gasteiger charge is 2.27. The Morgan fingerprint density at radius 3 is 2.38 bits per heavy atom. The first-order valence-corrected chi connectivity index (χ1v) is 4.79. The van der Waals surface area contributed by atoms with Gasteiger partial charge in [0.05, 0.1) is 12.8 Å². The van der Waals surface area contributed by atoms with Gasteiger partial charge in [-0.1, -0.05) is 6.07 Å². The van der Waals surface area contributed by atoms with Crippen LogP contribution in [0.5, 0.6) is 5.75 Å². The molecule has 1 rings (SSSR count). The molecule has 2 nitrogen and oxygen atoms in total. The van der Waals surface area contributed by atoms with Gasteiger partial charge < -0.3 is 10.1 Å². The summed E-state index contributed by atoms with van der Waals surface area (Å²) in [6, 6.07) is 3.50. The summed E-state index contributed by atoms with van der Waals surface area (Å²) in [5.74, 6) is 0.454. The van der Waals surface area contributed by atoms with Gasteiger partial charge in [0.25, 0.3) is 0 Å². The van der Waals surface area contributed by atoms with Gasteiger partial charge in [0.15, 0.2) is 0 Å². The van der Waals surface area contributed by atoms with E-state index in [1.165, 1.54) is 7.11 Å². The fourth-order valence-electron chi connectivity index (χ4n) is 1.55. The molecule has 1 aromatic carbocycles. The van der Waals surface area contributed by atoms with Crippen LogP contribution < -0.4 is 10.1 Å². The Balaban J connectivity index is 2.94. The fourth-order valence-corrected chi connectivity index (χ4v) is 1.55. The summed E-state index contributed by atoms with van der Waals surface area (Å²) in [5, 5.41) is 2.34. The van der Waals surface area contributed by atoms with E-state index in [1.807, 2.05) is 13.0 Å². The van der Waals surface area contributed by atoms with Crippen LogP contribution >= 0.6 is 0 Å². The minimum absolute atomic E-state index is 0.373. The zero-order valence-electron chi connectivity index (χ0n) is 9.40. The number of aryl methyl sites for hydroxylation is 2. The largest absolute Gasteiger partial charge is 0.494 e. The molecule has 0 atom stereocenters. The van der Waals surface area contributed by atoms with Gasteiger partial charge in [-0.05, 0) is 31.0 Å². The van der Waals surface area contributed by atoms with Crippen molar-refractivity contribution in [2.45, 2.75) is 20.0 Å². The van der Waals surface area contributed by atoms with Gasteiger partial charge in [-0.2, -0.15) is 13.2 Å². The van der Waals surface area contributed by atoms with Crippen molar-refractivity contribution in [3.63, 3.8) is 0 Å². The second-order valence-electron chi connectivity index (χ2n) is 3.63. The zero-order valence-corrected chi connectivity index (χ0v) is 9.40. The highest BCUT2D eigenvalue weighted by Crippen LogP contribution is 2.30. The Kier molecular flexibility index (Phi) is 3.67. The van der Waals surface area contributed by atoms with Gasteiger partial charge in [0, 0.05) is 0 Å². The van der Waals surface area contributed by atoms with E-state index in [0.29, 0.717) is 11.4 Å². The van der Waals surface area contributed by atoms with Crippen LogP contribution in [0, 0.1) is 13.8 Å². The van der Waals surface area contributed by atoms with Crippen LogP contribution in [0.4, 0.5) is 18.9 Å². The van der Waals surface area contributed by atoms with Crippen LogP contribution in [0.15, 0.2) is 12.1 Å². The number of benzene rings is 1. The van der Waals surface area contributed by atoms with Crippen molar-refractivity contribution in [3.05, 3.63) is 23.3 Å². The third-order valence-corrected chi connectivity index (χ3v) is 2.10. The molecule has 0 bridgehead atoms. The molecule has 0 saturated heterocycles. The molecular weight excluding hydrogens is 219 g/mol. The van der Waals surface area contributed by atoms with E-state index < -0.39 is 12.7 Å². The molecule has 1 N–H and O–H groups in total. The molecule has 0 fully saturated rings.